The van der Waals surface area contributed by atoms with E-state index >= 15 is 0 Å². The van der Waals surface area contributed by atoms with Crippen LogP contribution in [-0.2, 0) is 20.5 Å². The second-order valence-corrected chi connectivity index (χ2v) is 6.75. The largest absolute Gasteiger partial charge is 0.350 e. The van der Waals surface area contributed by atoms with Crippen molar-refractivity contribution in [2.24, 2.45) is 14.1 Å². The summed E-state index contributed by atoms with van der Waals surface area (Å²) in [6, 6.07) is 11.8. The topological polar surface area (TPSA) is 68.9 Å². The SMILES string of the molecule is Cn1cc(CCNC(=O)c2nc3ccccc3n(C)c2=O)c2cc(F)ccc21. The summed E-state index contributed by atoms with van der Waals surface area (Å²) in [4.78, 5) is 29.2. The van der Waals surface area contributed by atoms with Gasteiger partial charge < -0.3 is 14.5 Å². The lowest BCUT2D eigenvalue weighted by atomic mass is 10.1. The first-order chi connectivity index (χ1) is 13.5. The maximum Gasteiger partial charge on any atom is 0.282 e. The maximum absolute atomic E-state index is 13.6. The van der Waals surface area contributed by atoms with Crippen molar-refractivity contribution in [2.45, 2.75) is 6.42 Å². The van der Waals surface area contributed by atoms with E-state index in [1.807, 2.05) is 23.9 Å². The van der Waals surface area contributed by atoms with Gasteiger partial charge in [-0.25, -0.2) is 9.37 Å². The van der Waals surface area contributed by atoms with Crippen LogP contribution in [0, 0.1) is 5.82 Å². The molecular weight excluding hydrogens is 359 g/mol. The van der Waals surface area contributed by atoms with Crippen LogP contribution in [0.4, 0.5) is 4.39 Å². The molecule has 4 rings (SSSR count). The lowest BCUT2D eigenvalue weighted by molar-refractivity contribution is 0.0947. The van der Waals surface area contributed by atoms with E-state index in [0.717, 1.165) is 16.5 Å². The van der Waals surface area contributed by atoms with Crippen molar-refractivity contribution in [2.75, 3.05) is 6.54 Å². The fraction of sp³-hybridized carbons (Fsp3) is 0.190. The van der Waals surface area contributed by atoms with Crippen LogP contribution in [0.5, 0.6) is 0 Å². The Morgan fingerprint density at radius 3 is 2.75 bits per heavy atom. The van der Waals surface area contributed by atoms with Crippen LogP contribution in [0.1, 0.15) is 16.1 Å². The number of hydrogen-bond donors (Lipinski definition) is 1. The number of rotatable bonds is 4. The zero-order valence-corrected chi connectivity index (χ0v) is 15.6. The highest BCUT2D eigenvalue weighted by Gasteiger charge is 2.16. The second-order valence-electron chi connectivity index (χ2n) is 6.75. The molecule has 1 N–H and O–H groups in total. The first kappa shape index (κ1) is 17.9. The molecule has 0 bridgehead atoms. The van der Waals surface area contributed by atoms with E-state index in [1.165, 1.54) is 16.7 Å². The minimum atomic E-state index is -0.516. The number of aryl methyl sites for hydroxylation is 2. The van der Waals surface area contributed by atoms with Crippen molar-refractivity contribution in [1.29, 1.82) is 0 Å². The first-order valence-corrected chi connectivity index (χ1v) is 8.93. The minimum absolute atomic E-state index is 0.134. The molecule has 0 unspecified atom stereocenters. The number of carbonyl (C=O) groups is 1. The molecule has 0 radical (unpaired) electrons. The number of hydrogen-bond acceptors (Lipinski definition) is 3. The van der Waals surface area contributed by atoms with E-state index in [9.17, 15) is 14.0 Å². The van der Waals surface area contributed by atoms with Crippen molar-refractivity contribution in [3.05, 3.63) is 76.1 Å². The summed E-state index contributed by atoms with van der Waals surface area (Å²) in [5, 5.41) is 3.57. The molecule has 0 atom stereocenters. The minimum Gasteiger partial charge on any atom is -0.350 e. The molecule has 0 aliphatic carbocycles. The van der Waals surface area contributed by atoms with Gasteiger partial charge in [0, 0.05) is 37.7 Å². The lowest BCUT2D eigenvalue weighted by Crippen LogP contribution is -2.34. The van der Waals surface area contributed by atoms with E-state index < -0.39 is 11.5 Å². The van der Waals surface area contributed by atoms with Gasteiger partial charge in [0.2, 0.25) is 0 Å². The molecule has 2 aromatic heterocycles. The Bertz CT molecular complexity index is 1270. The van der Waals surface area contributed by atoms with Gasteiger partial charge in [0.25, 0.3) is 11.5 Å². The Morgan fingerprint density at radius 2 is 1.93 bits per heavy atom. The Labute approximate surface area is 160 Å². The number of halogens is 1. The van der Waals surface area contributed by atoms with Crippen LogP contribution >= 0.6 is 0 Å². The van der Waals surface area contributed by atoms with Gasteiger partial charge in [-0.3, -0.25) is 9.59 Å². The summed E-state index contributed by atoms with van der Waals surface area (Å²) in [6.07, 6.45) is 2.43. The quantitative estimate of drug-likeness (QED) is 0.593. The van der Waals surface area contributed by atoms with Crippen LogP contribution in [0.3, 0.4) is 0 Å². The Balaban J connectivity index is 1.54. The molecule has 142 valence electrons. The van der Waals surface area contributed by atoms with Gasteiger partial charge in [-0.2, -0.15) is 0 Å². The van der Waals surface area contributed by atoms with Crippen molar-refractivity contribution >= 4 is 27.8 Å². The first-order valence-electron chi connectivity index (χ1n) is 8.93. The van der Waals surface area contributed by atoms with E-state index in [-0.39, 0.29) is 11.5 Å². The summed E-state index contributed by atoms with van der Waals surface area (Å²) in [5.74, 6) is -0.814. The van der Waals surface area contributed by atoms with Crippen LogP contribution in [-0.4, -0.2) is 26.6 Å². The number of aromatic nitrogens is 3. The third kappa shape index (κ3) is 3.05. The van der Waals surface area contributed by atoms with Gasteiger partial charge >= 0.3 is 0 Å². The monoisotopic (exact) mass is 378 g/mol. The van der Waals surface area contributed by atoms with Crippen LogP contribution in [0.25, 0.3) is 21.9 Å². The summed E-state index contributed by atoms with van der Waals surface area (Å²) < 4.78 is 16.9. The molecule has 0 aliphatic heterocycles. The van der Waals surface area contributed by atoms with Gasteiger partial charge in [-0.05, 0) is 42.3 Å². The number of fused-ring (bicyclic) bond motifs is 2. The highest BCUT2D eigenvalue weighted by Crippen LogP contribution is 2.22. The highest BCUT2D eigenvalue weighted by atomic mass is 19.1. The van der Waals surface area contributed by atoms with Gasteiger partial charge in [0.15, 0.2) is 5.69 Å². The molecular formula is C21H19FN4O2. The second kappa shape index (κ2) is 6.92. The molecule has 4 aromatic rings. The molecule has 0 spiro atoms. The summed E-state index contributed by atoms with van der Waals surface area (Å²) >= 11 is 0. The van der Waals surface area contributed by atoms with Gasteiger partial charge in [-0.15, -0.1) is 0 Å². The maximum atomic E-state index is 13.6. The average molecular weight is 378 g/mol. The Kier molecular flexibility index (Phi) is 4.43. The zero-order chi connectivity index (χ0) is 19.8. The molecule has 2 heterocycles. The van der Waals surface area contributed by atoms with E-state index in [1.54, 1.807) is 31.3 Å². The standard InChI is InChI=1S/C21H19FN4O2/c1-25-12-13(15-11-14(22)7-8-17(15)25)9-10-23-20(27)19-21(28)26(2)18-6-4-3-5-16(18)24-19/h3-8,11-12H,9-10H2,1-2H3,(H,23,27). The predicted molar refractivity (Wildman–Crippen MR) is 106 cm³/mol. The van der Waals surface area contributed by atoms with Gasteiger partial charge in [-0.1, -0.05) is 12.1 Å². The van der Waals surface area contributed by atoms with Crippen LogP contribution < -0.4 is 10.9 Å². The van der Waals surface area contributed by atoms with Crippen molar-refractivity contribution < 1.29 is 9.18 Å². The molecule has 0 aliphatic rings. The van der Waals surface area contributed by atoms with Crippen LogP contribution in [0.2, 0.25) is 0 Å². The smallest absolute Gasteiger partial charge is 0.282 e. The van der Waals surface area contributed by atoms with Gasteiger partial charge in [0.05, 0.1) is 11.0 Å². The fourth-order valence-electron chi connectivity index (χ4n) is 3.47. The molecule has 28 heavy (non-hydrogen) atoms. The molecule has 7 heteroatoms. The molecule has 2 aromatic carbocycles. The van der Waals surface area contributed by atoms with E-state index in [4.69, 9.17) is 0 Å². The number of amides is 1. The molecule has 6 nitrogen and oxygen atoms in total. The van der Waals surface area contributed by atoms with Crippen molar-refractivity contribution in [3.63, 3.8) is 0 Å². The Morgan fingerprint density at radius 1 is 1.14 bits per heavy atom. The third-order valence-corrected chi connectivity index (χ3v) is 4.91. The number of benzene rings is 2. The van der Waals surface area contributed by atoms with Crippen molar-refractivity contribution in [1.82, 2.24) is 19.4 Å². The zero-order valence-electron chi connectivity index (χ0n) is 15.6. The van der Waals surface area contributed by atoms with E-state index in [2.05, 4.69) is 10.3 Å². The molecule has 0 saturated carbocycles. The van der Waals surface area contributed by atoms with Crippen molar-refractivity contribution in [3.8, 4) is 0 Å². The van der Waals surface area contributed by atoms with Crippen LogP contribution in [0.15, 0.2) is 53.5 Å². The van der Waals surface area contributed by atoms with E-state index in [0.29, 0.717) is 24.0 Å². The summed E-state index contributed by atoms with van der Waals surface area (Å²) in [7, 11) is 3.51. The molecule has 0 fully saturated rings. The number of nitrogens with zero attached hydrogens (tertiary/aromatic N) is 3. The number of carbonyl (C=O) groups excluding carboxylic acids is 1. The summed E-state index contributed by atoms with van der Waals surface area (Å²) in [6.45, 7) is 0.312. The van der Waals surface area contributed by atoms with Gasteiger partial charge in [0.1, 0.15) is 5.82 Å². The predicted octanol–water partition coefficient (Wildman–Crippen LogP) is 2.54. The number of nitrogens with one attached hydrogen (secondary N) is 1. The molecule has 0 saturated heterocycles. The number of para-hydroxylation sites is 2. The average Bonchev–Trinajstić information content (AvgIpc) is 2.99. The summed E-state index contributed by atoms with van der Waals surface area (Å²) in [5.41, 5.74) is 2.53. The normalized spacial score (nSPS) is 11.2. The Hall–Kier alpha value is -3.48. The third-order valence-electron chi connectivity index (χ3n) is 4.91. The highest BCUT2D eigenvalue weighted by molar-refractivity contribution is 5.94. The molecule has 1 amide bonds. The lowest BCUT2D eigenvalue weighted by Gasteiger charge is -2.08. The fourth-order valence-corrected chi connectivity index (χ4v) is 3.47.